The Kier molecular flexibility index (Phi) is 2.84. The molecule has 0 aromatic carbocycles. The minimum absolute atomic E-state index is 0.0336. The molecule has 5 nitrogen and oxygen atoms in total. The molecule has 2 rings (SSSR count). The molecule has 0 aromatic rings. The van der Waals surface area contributed by atoms with E-state index in [-0.39, 0.29) is 30.8 Å². The maximum Gasteiger partial charge on any atom is 0.410 e. The molecule has 3 atom stereocenters. The molecule has 1 N–H and O–H groups in total. The summed E-state index contributed by atoms with van der Waals surface area (Å²) in [5.74, 6) is 0.0336. The summed E-state index contributed by atoms with van der Waals surface area (Å²) in [6.07, 6.45) is -0.0815. The van der Waals surface area contributed by atoms with Gasteiger partial charge in [-0.25, -0.2) is 4.79 Å². The zero-order valence-corrected chi connectivity index (χ0v) is 9.97. The van der Waals surface area contributed by atoms with Gasteiger partial charge in [-0.2, -0.15) is 0 Å². The van der Waals surface area contributed by atoms with Crippen LogP contribution in [0.5, 0.6) is 0 Å². The van der Waals surface area contributed by atoms with E-state index in [1.165, 1.54) is 0 Å². The molecule has 1 amide bonds. The normalized spacial score (nSPS) is 33.2. The number of amides is 1. The van der Waals surface area contributed by atoms with Gasteiger partial charge in [0.05, 0.1) is 19.3 Å². The third-order valence-electron chi connectivity index (χ3n) is 2.83. The van der Waals surface area contributed by atoms with Crippen molar-refractivity contribution in [2.45, 2.75) is 38.6 Å². The monoisotopic (exact) mass is 229 g/mol. The van der Waals surface area contributed by atoms with Gasteiger partial charge in [-0.1, -0.05) is 0 Å². The van der Waals surface area contributed by atoms with Crippen LogP contribution >= 0.6 is 0 Å². The minimum Gasteiger partial charge on any atom is -0.444 e. The molecular weight excluding hydrogens is 210 g/mol. The van der Waals surface area contributed by atoms with E-state index in [9.17, 15) is 4.79 Å². The lowest BCUT2D eigenvalue weighted by atomic mass is 9.99. The highest BCUT2D eigenvalue weighted by Crippen LogP contribution is 2.35. The van der Waals surface area contributed by atoms with E-state index in [2.05, 4.69) is 0 Å². The Morgan fingerprint density at radius 1 is 1.50 bits per heavy atom. The van der Waals surface area contributed by atoms with Crippen molar-refractivity contribution < 1.29 is 19.4 Å². The van der Waals surface area contributed by atoms with Crippen molar-refractivity contribution in [3.8, 4) is 0 Å². The molecule has 5 heteroatoms. The van der Waals surface area contributed by atoms with Gasteiger partial charge >= 0.3 is 6.09 Å². The van der Waals surface area contributed by atoms with Gasteiger partial charge in [0.25, 0.3) is 0 Å². The zero-order chi connectivity index (χ0) is 11.9. The number of rotatable bonds is 1. The fourth-order valence-corrected chi connectivity index (χ4v) is 2.03. The van der Waals surface area contributed by atoms with Crippen LogP contribution in [0.15, 0.2) is 0 Å². The van der Waals surface area contributed by atoms with Gasteiger partial charge in [0.2, 0.25) is 0 Å². The molecule has 0 radical (unpaired) electrons. The number of epoxide rings is 1. The lowest BCUT2D eigenvalue weighted by Crippen LogP contribution is -2.47. The van der Waals surface area contributed by atoms with Gasteiger partial charge in [0, 0.05) is 12.5 Å². The third kappa shape index (κ3) is 2.47. The molecule has 2 unspecified atom stereocenters. The molecule has 2 heterocycles. The second-order valence-electron chi connectivity index (χ2n) is 5.47. The van der Waals surface area contributed by atoms with Gasteiger partial charge in [-0.05, 0) is 20.8 Å². The number of carbonyl (C=O) groups excluding carboxylic acids is 1. The van der Waals surface area contributed by atoms with E-state index in [1.54, 1.807) is 4.90 Å². The van der Waals surface area contributed by atoms with E-state index >= 15 is 0 Å². The summed E-state index contributed by atoms with van der Waals surface area (Å²) in [6.45, 7) is 6.68. The minimum atomic E-state index is -0.479. The number of hydrogen-bond donors (Lipinski definition) is 1. The van der Waals surface area contributed by atoms with Gasteiger partial charge < -0.3 is 19.5 Å². The second kappa shape index (κ2) is 3.89. The van der Waals surface area contributed by atoms with Crippen LogP contribution in [0, 0.1) is 5.92 Å². The highest BCUT2D eigenvalue weighted by molar-refractivity contribution is 5.68. The van der Waals surface area contributed by atoms with E-state index < -0.39 is 5.60 Å². The highest BCUT2D eigenvalue weighted by Gasteiger charge is 2.51. The summed E-state index contributed by atoms with van der Waals surface area (Å²) in [5.41, 5.74) is -0.479. The van der Waals surface area contributed by atoms with Gasteiger partial charge in [0.15, 0.2) is 0 Å². The summed E-state index contributed by atoms with van der Waals surface area (Å²) < 4.78 is 10.7. The van der Waals surface area contributed by atoms with Crippen molar-refractivity contribution in [1.29, 1.82) is 0 Å². The number of aliphatic hydroxyl groups excluding tert-OH is 1. The number of fused-ring (bicyclic) bond motifs is 1. The van der Waals surface area contributed by atoms with Crippen LogP contribution in [0.1, 0.15) is 20.8 Å². The number of piperidine rings is 1. The molecule has 0 saturated carbocycles. The third-order valence-corrected chi connectivity index (χ3v) is 2.83. The number of nitrogens with zero attached hydrogens (tertiary/aromatic N) is 1. The quantitative estimate of drug-likeness (QED) is 0.669. The molecule has 2 saturated heterocycles. The number of aliphatic hydroxyl groups is 1. The smallest absolute Gasteiger partial charge is 0.410 e. The molecule has 2 fully saturated rings. The van der Waals surface area contributed by atoms with Gasteiger partial charge in [-0.3, -0.25) is 0 Å². The fraction of sp³-hybridized carbons (Fsp3) is 0.909. The second-order valence-corrected chi connectivity index (χ2v) is 5.47. The predicted octanol–water partition coefficient (Wildman–Crippen LogP) is 0.613. The molecule has 0 aromatic heterocycles. The van der Waals surface area contributed by atoms with Crippen molar-refractivity contribution in [3.63, 3.8) is 0 Å². The molecule has 16 heavy (non-hydrogen) atoms. The molecule has 0 aliphatic carbocycles. The highest BCUT2D eigenvalue weighted by atomic mass is 16.6. The van der Waals surface area contributed by atoms with Crippen LogP contribution < -0.4 is 0 Å². The average molecular weight is 229 g/mol. The molecular formula is C11H19NO4. The fourth-order valence-electron chi connectivity index (χ4n) is 2.03. The number of hydrogen-bond acceptors (Lipinski definition) is 4. The molecule has 2 aliphatic rings. The topological polar surface area (TPSA) is 62.3 Å². The van der Waals surface area contributed by atoms with Crippen molar-refractivity contribution in [2.75, 3.05) is 19.7 Å². The van der Waals surface area contributed by atoms with Gasteiger partial charge in [-0.15, -0.1) is 0 Å². The Balaban J connectivity index is 1.92. The van der Waals surface area contributed by atoms with Crippen molar-refractivity contribution >= 4 is 6.09 Å². The summed E-state index contributed by atoms with van der Waals surface area (Å²) in [5, 5.41) is 9.16. The van der Waals surface area contributed by atoms with Crippen LogP contribution in [0.25, 0.3) is 0 Å². The number of likely N-dealkylation sites (tertiary alicyclic amines) is 1. The predicted molar refractivity (Wildman–Crippen MR) is 57.0 cm³/mol. The number of carbonyl (C=O) groups is 1. The standard InChI is InChI=1S/C11H19NO4/c1-11(2,3)16-10(14)12-4-7(6-13)9-8(5-12)15-9/h7-9,13H,4-6H2,1-3H3/t7-,8?,9?/m1/s1. The summed E-state index contributed by atoms with van der Waals surface area (Å²) in [4.78, 5) is 13.4. The van der Waals surface area contributed by atoms with Crippen LogP contribution in [-0.4, -0.2) is 53.6 Å². The number of ether oxygens (including phenoxy) is 2. The lowest BCUT2D eigenvalue weighted by Gasteiger charge is -2.31. The van der Waals surface area contributed by atoms with Crippen LogP contribution in [0.2, 0.25) is 0 Å². The first-order valence-corrected chi connectivity index (χ1v) is 5.65. The van der Waals surface area contributed by atoms with Crippen molar-refractivity contribution in [1.82, 2.24) is 4.90 Å². The Bertz CT molecular complexity index is 286. The lowest BCUT2D eigenvalue weighted by molar-refractivity contribution is 0.0166. The molecule has 0 spiro atoms. The SMILES string of the molecule is CC(C)(C)OC(=O)N1CC2OC2[C@@H](CO)C1. The van der Waals surface area contributed by atoms with Crippen molar-refractivity contribution in [2.24, 2.45) is 5.92 Å². The zero-order valence-electron chi connectivity index (χ0n) is 9.97. The van der Waals surface area contributed by atoms with E-state index in [4.69, 9.17) is 14.6 Å². The first-order chi connectivity index (χ1) is 7.40. The van der Waals surface area contributed by atoms with Crippen LogP contribution in [-0.2, 0) is 9.47 Å². The Labute approximate surface area is 95.3 Å². The Morgan fingerprint density at radius 2 is 2.19 bits per heavy atom. The van der Waals surface area contributed by atoms with Crippen LogP contribution in [0.3, 0.4) is 0 Å². The van der Waals surface area contributed by atoms with Crippen molar-refractivity contribution in [3.05, 3.63) is 0 Å². The Hall–Kier alpha value is -0.810. The van der Waals surface area contributed by atoms with Crippen LogP contribution in [0.4, 0.5) is 4.79 Å². The van der Waals surface area contributed by atoms with E-state index in [1.807, 2.05) is 20.8 Å². The van der Waals surface area contributed by atoms with Gasteiger partial charge in [0.1, 0.15) is 11.7 Å². The first kappa shape index (κ1) is 11.7. The average Bonchev–Trinajstić information content (AvgIpc) is 2.91. The maximum atomic E-state index is 11.8. The van der Waals surface area contributed by atoms with E-state index in [0.717, 1.165) is 0 Å². The molecule has 2 aliphatic heterocycles. The Morgan fingerprint density at radius 3 is 2.75 bits per heavy atom. The molecule has 0 bridgehead atoms. The summed E-state index contributed by atoms with van der Waals surface area (Å²) >= 11 is 0. The largest absolute Gasteiger partial charge is 0.444 e. The summed E-state index contributed by atoms with van der Waals surface area (Å²) in [6, 6.07) is 0. The first-order valence-electron chi connectivity index (χ1n) is 5.65. The molecule has 92 valence electrons. The van der Waals surface area contributed by atoms with E-state index in [0.29, 0.717) is 13.1 Å². The summed E-state index contributed by atoms with van der Waals surface area (Å²) in [7, 11) is 0. The maximum absolute atomic E-state index is 11.8.